The molecule has 1 saturated heterocycles. The molecule has 0 spiro atoms. The quantitative estimate of drug-likeness (QED) is 0.852. The summed E-state index contributed by atoms with van der Waals surface area (Å²) in [4.78, 5) is 17.5. The number of likely N-dealkylation sites (tertiary alicyclic amines) is 1. The zero-order valence-electron chi connectivity index (χ0n) is 12.8. The maximum absolute atomic E-state index is 12.4. The van der Waals surface area contributed by atoms with Crippen LogP contribution in [0.15, 0.2) is 30.5 Å². The Hall–Kier alpha value is -1.97. The molecular formula is C17H22N2O2. The number of benzene rings is 1. The number of nitrogens with zero attached hydrogens (tertiary/aromatic N) is 1. The molecule has 1 N–H and O–H groups in total. The first kappa shape index (κ1) is 14.0. The van der Waals surface area contributed by atoms with Gasteiger partial charge >= 0.3 is 6.09 Å². The molecule has 1 aliphatic heterocycles. The van der Waals surface area contributed by atoms with Gasteiger partial charge in [0, 0.05) is 23.6 Å². The van der Waals surface area contributed by atoms with E-state index in [9.17, 15) is 4.79 Å². The summed E-state index contributed by atoms with van der Waals surface area (Å²) < 4.78 is 5.55. The van der Waals surface area contributed by atoms with E-state index < -0.39 is 5.60 Å². The summed E-state index contributed by atoms with van der Waals surface area (Å²) in [5.41, 5.74) is 1.87. The third-order valence-electron chi connectivity index (χ3n) is 3.87. The zero-order valence-corrected chi connectivity index (χ0v) is 12.8. The lowest BCUT2D eigenvalue weighted by molar-refractivity contribution is 0.0225. The van der Waals surface area contributed by atoms with Crippen LogP contribution in [0.3, 0.4) is 0 Å². The first-order chi connectivity index (χ1) is 9.96. The maximum atomic E-state index is 12.4. The second-order valence-corrected chi connectivity index (χ2v) is 6.62. The van der Waals surface area contributed by atoms with Crippen molar-refractivity contribution < 1.29 is 9.53 Å². The molecule has 4 heteroatoms. The third-order valence-corrected chi connectivity index (χ3v) is 3.87. The predicted octanol–water partition coefficient (Wildman–Crippen LogP) is 4.24. The number of fused-ring (bicyclic) bond motifs is 1. The van der Waals surface area contributed by atoms with Gasteiger partial charge in [0.15, 0.2) is 0 Å². The molecule has 0 radical (unpaired) electrons. The zero-order chi connectivity index (χ0) is 15.0. The van der Waals surface area contributed by atoms with Gasteiger partial charge in [-0.05, 0) is 51.3 Å². The van der Waals surface area contributed by atoms with Crippen LogP contribution in [0, 0.1) is 0 Å². The van der Waals surface area contributed by atoms with E-state index in [1.165, 1.54) is 10.9 Å². The van der Waals surface area contributed by atoms with Crippen LogP contribution in [0.1, 0.15) is 45.2 Å². The van der Waals surface area contributed by atoms with Gasteiger partial charge in [0.2, 0.25) is 0 Å². The first-order valence-corrected chi connectivity index (χ1v) is 7.51. The highest BCUT2D eigenvalue weighted by Gasteiger charge is 2.33. The molecule has 2 aromatic rings. The molecule has 0 saturated carbocycles. The van der Waals surface area contributed by atoms with Crippen LogP contribution in [0.25, 0.3) is 10.9 Å². The summed E-state index contributed by atoms with van der Waals surface area (Å²) in [5.74, 6) is 0. The largest absolute Gasteiger partial charge is 0.444 e. The summed E-state index contributed by atoms with van der Waals surface area (Å²) in [6.45, 7) is 6.48. The van der Waals surface area contributed by atoms with Crippen molar-refractivity contribution in [2.24, 2.45) is 0 Å². The predicted molar refractivity (Wildman–Crippen MR) is 83.2 cm³/mol. The highest BCUT2D eigenvalue weighted by atomic mass is 16.6. The second kappa shape index (κ2) is 5.10. The number of aromatic nitrogens is 1. The van der Waals surface area contributed by atoms with E-state index in [1.54, 1.807) is 0 Å². The Morgan fingerprint density at radius 1 is 1.33 bits per heavy atom. The molecule has 1 fully saturated rings. The molecule has 3 rings (SSSR count). The third kappa shape index (κ3) is 2.75. The first-order valence-electron chi connectivity index (χ1n) is 7.51. The number of ether oxygens (including phenoxy) is 1. The van der Waals surface area contributed by atoms with Gasteiger partial charge in [-0.15, -0.1) is 0 Å². The Morgan fingerprint density at radius 3 is 2.90 bits per heavy atom. The molecule has 0 aliphatic carbocycles. The van der Waals surface area contributed by atoms with Crippen molar-refractivity contribution in [3.05, 3.63) is 36.0 Å². The molecule has 1 amide bonds. The van der Waals surface area contributed by atoms with E-state index >= 15 is 0 Å². The molecule has 21 heavy (non-hydrogen) atoms. The summed E-state index contributed by atoms with van der Waals surface area (Å²) in [5, 5.41) is 1.19. The van der Waals surface area contributed by atoms with Crippen LogP contribution in [-0.4, -0.2) is 28.1 Å². The number of H-pyrrole nitrogens is 1. The van der Waals surface area contributed by atoms with Crippen molar-refractivity contribution in [3.8, 4) is 0 Å². The summed E-state index contributed by atoms with van der Waals surface area (Å²) in [6.07, 6.45) is 3.74. The number of amides is 1. The molecule has 1 atom stereocenters. The van der Waals surface area contributed by atoms with Crippen LogP contribution < -0.4 is 0 Å². The van der Waals surface area contributed by atoms with Gasteiger partial charge in [0.25, 0.3) is 0 Å². The fourth-order valence-corrected chi connectivity index (χ4v) is 3.03. The van der Waals surface area contributed by atoms with E-state index in [1.807, 2.05) is 37.9 Å². The number of aromatic amines is 1. The van der Waals surface area contributed by atoms with Crippen LogP contribution in [0.5, 0.6) is 0 Å². The van der Waals surface area contributed by atoms with Crippen molar-refractivity contribution in [1.82, 2.24) is 9.88 Å². The molecule has 0 unspecified atom stereocenters. The Morgan fingerprint density at radius 2 is 2.14 bits per heavy atom. The SMILES string of the molecule is CC(C)(C)OC(=O)N1CCC[C@@H]1c1cccc2[nH]ccc12. The van der Waals surface area contributed by atoms with Crippen LogP contribution >= 0.6 is 0 Å². The van der Waals surface area contributed by atoms with Gasteiger partial charge in [-0.1, -0.05) is 12.1 Å². The minimum atomic E-state index is -0.454. The molecule has 1 aromatic heterocycles. The van der Waals surface area contributed by atoms with Crippen LogP contribution in [-0.2, 0) is 4.74 Å². The lowest BCUT2D eigenvalue weighted by Gasteiger charge is -2.29. The molecule has 0 bridgehead atoms. The summed E-state index contributed by atoms with van der Waals surface area (Å²) >= 11 is 0. The number of nitrogens with one attached hydrogen (secondary N) is 1. The van der Waals surface area contributed by atoms with Crippen LogP contribution in [0.4, 0.5) is 4.79 Å². The van der Waals surface area contributed by atoms with E-state index in [0.29, 0.717) is 0 Å². The van der Waals surface area contributed by atoms with Crippen molar-refractivity contribution in [2.75, 3.05) is 6.54 Å². The van der Waals surface area contributed by atoms with E-state index in [0.717, 1.165) is 24.9 Å². The van der Waals surface area contributed by atoms with Gasteiger partial charge in [-0.2, -0.15) is 0 Å². The average Bonchev–Trinajstić information content (AvgIpc) is 3.05. The Kier molecular flexibility index (Phi) is 3.40. The highest BCUT2D eigenvalue weighted by Crippen LogP contribution is 2.36. The smallest absolute Gasteiger partial charge is 0.410 e. The van der Waals surface area contributed by atoms with E-state index in [2.05, 4.69) is 23.2 Å². The lowest BCUT2D eigenvalue weighted by atomic mass is 10.0. The molecule has 112 valence electrons. The van der Waals surface area contributed by atoms with E-state index in [4.69, 9.17) is 4.74 Å². The number of hydrogen-bond acceptors (Lipinski definition) is 2. The molecule has 2 heterocycles. The molecule has 1 aliphatic rings. The summed E-state index contributed by atoms with van der Waals surface area (Å²) in [6, 6.07) is 8.41. The van der Waals surface area contributed by atoms with Crippen LogP contribution in [0.2, 0.25) is 0 Å². The fraction of sp³-hybridized carbons (Fsp3) is 0.471. The van der Waals surface area contributed by atoms with Crippen molar-refractivity contribution in [2.45, 2.75) is 45.3 Å². The topological polar surface area (TPSA) is 45.3 Å². The standard InChI is InChI=1S/C17H22N2O2/c1-17(2,3)21-16(20)19-11-5-8-15(19)13-6-4-7-14-12(13)9-10-18-14/h4,6-7,9-10,15,18H,5,8,11H2,1-3H3/t15-/m1/s1. The van der Waals surface area contributed by atoms with Gasteiger partial charge < -0.3 is 14.6 Å². The lowest BCUT2D eigenvalue weighted by Crippen LogP contribution is -2.36. The Bertz CT molecular complexity index is 654. The Labute approximate surface area is 125 Å². The fourth-order valence-electron chi connectivity index (χ4n) is 3.03. The normalized spacial score (nSPS) is 19.2. The minimum absolute atomic E-state index is 0.111. The molecule has 1 aromatic carbocycles. The monoisotopic (exact) mass is 286 g/mol. The van der Waals surface area contributed by atoms with Crippen molar-refractivity contribution in [1.29, 1.82) is 0 Å². The van der Waals surface area contributed by atoms with E-state index in [-0.39, 0.29) is 12.1 Å². The van der Waals surface area contributed by atoms with Crippen molar-refractivity contribution >= 4 is 17.0 Å². The van der Waals surface area contributed by atoms with Gasteiger partial charge in [0.05, 0.1) is 6.04 Å². The molecular weight excluding hydrogens is 264 g/mol. The Balaban J connectivity index is 1.90. The van der Waals surface area contributed by atoms with Gasteiger partial charge in [-0.3, -0.25) is 0 Å². The van der Waals surface area contributed by atoms with Crippen molar-refractivity contribution in [3.63, 3.8) is 0 Å². The number of carbonyl (C=O) groups is 1. The highest BCUT2D eigenvalue weighted by molar-refractivity contribution is 5.84. The molecule has 4 nitrogen and oxygen atoms in total. The number of hydrogen-bond donors (Lipinski definition) is 1. The number of rotatable bonds is 1. The number of carbonyl (C=O) groups excluding carboxylic acids is 1. The second-order valence-electron chi connectivity index (χ2n) is 6.62. The average molecular weight is 286 g/mol. The van der Waals surface area contributed by atoms with Gasteiger partial charge in [-0.25, -0.2) is 4.79 Å². The maximum Gasteiger partial charge on any atom is 0.410 e. The van der Waals surface area contributed by atoms with Gasteiger partial charge in [0.1, 0.15) is 5.60 Å². The minimum Gasteiger partial charge on any atom is -0.444 e. The summed E-state index contributed by atoms with van der Waals surface area (Å²) in [7, 11) is 0.